The Kier molecular flexibility index (Phi) is 2.66. The van der Waals surface area contributed by atoms with Crippen molar-refractivity contribution in [3.8, 4) is 0 Å². The lowest BCUT2D eigenvalue weighted by Gasteiger charge is -2.33. The number of fused-ring (bicyclic) bond motifs is 3. The fourth-order valence-electron chi connectivity index (χ4n) is 3.41. The number of benzene rings is 1. The van der Waals surface area contributed by atoms with Crippen LogP contribution in [0.1, 0.15) is 28.8 Å². The second-order valence-electron chi connectivity index (χ2n) is 6.16. The van der Waals surface area contributed by atoms with Crippen LogP contribution in [0.15, 0.2) is 48.7 Å². The molecule has 0 bridgehead atoms. The van der Waals surface area contributed by atoms with Gasteiger partial charge in [0.05, 0.1) is 11.2 Å². The Morgan fingerprint density at radius 3 is 2.76 bits per heavy atom. The van der Waals surface area contributed by atoms with Crippen LogP contribution >= 0.6 is 0 Å². The molecule has 1 aliphatic rings. The largest absolute Gasteiger partial charge is 0.321 e. The normalized spacial score (nSPS) is 21.4. The maximum absolute atomic E-state index is 6.74. The van der Waals surface area contributed by atoms with Crippen LogP contribution < -0.4 is 5.73 Å². The Balaban J connectivity index is 1.82. The van der Waals surface area contributed by atoms with Crippen LogP contribution in [-0.2, 0) is 18.4 Å². The molecule has 21 heavy (non-hydrogen) atoms. The molecule has 1 aromatic carbocycles. The van der Waals surface area contributed by atoms with Gasteiger partial charge < -0.3 is 5.73 Å². The van der Waals surface area contributed by atoms with E-state index < -0.39 is 0 Å². The van der Waals surface area contributed by atoms with Crippen molar-refractivity contribution in [1.82, 2.24) is 9.61 Å². The highest BCUT2D eigenvalue weighted by Crippen LogP contribution is 2.36. The monoisotopic (exact) mass is 277 g/mol. The number of rotatable bonds is 1. The van der Waals surface area contributed by atoms with Gasteiger partial charge in [-0.3, -0.25) is 0 Å². The topological polar surface area (TPSA) is 43.3 Å². The van der Waals surface area contributed by atoms with Crippen molar-refractivity contribution < 1.29 is 0 Å². The Morgan fingerprint density at radius 2 is 1.95 bits per heavy atom. The zero-order valence-corrected chi connectivity index (χ0v) is 12.2. The molecule has 106 valence electrons. The van der Waals surface area contributed by atoms with Crippen molar-refractivity contribution in [2.45, 2.75) is 31.7 Å². The van der Waals surface area contributed by atoms with E-state index in [-0.39, 0.29) is 5.54 Å². The zero-order valence-electron chi connectivity index (χ0n) is 12.2. The van der Waals surface area contributed by atoms with Crippen LogP contribution in [0.25, 0.3) is 5.52 Å². The lowest BCUT2D eigenvalue weighted by molar-refractivity contribution is 0.384. The smallest absolute Gasteiger partial charge is 0.0697 e. The number of nitrogens with zero attached hydrogens (tertiary/aromatic N) is 2. The summed E-state index contributed by atoms with van der Waals surface area (Å²) in [6, 6.07) is 14.8. The number of pyridine rings is 1. The number of hydrogen-bond donors (Lipinski definition) is 1. The first-order valence-corrected chi connectivity index (χ1v) is 7.47. The molecule has 3 nitrogen and oxygen atoms in total. The van der Waals surface area contributed by atoms with E-state index in [1.54, 1.807) is 0 Å². The minimum Gasteiger partial charge on any atom is -0.321 e. The van der Waals surface area contributed by atoms with Gasteiger partial charge in [-0.2, -0.15) is 5.10 Å². The molecule has 1 unspecified atom stereocenters. The van der Waals surface area contributed by atoms with E-state index in [9.17, 15) is 0 Å². The second kappa shape index (κ2) is 4.43. The highest BCUT2D eigenvalue weighted by Gasteiger charge is 2.34. The fraction of sp³-hybridized carbons (Fsp3) is 0.278. The maximum Gasteiger partial charge on any atom is 0.0697 e. The van der Waals surface area contributed by atoms with Gasteiger partial charge in [0, 0.05) is 17.3 Å². The molecule has 2 heterocycles. The first kappa shape index (κ1) is 12.6. The lowest BCUT2D eigenvalue weighted by atomic mass is 9.76. The van der Waals surface area contributed by atoms with Gasteiger partial charge in [-0.15, -0.1) is 0 Å². The summed E-state index contributed by atoms with van der Waals surface area (Å²) in [5.74, 6) is 0. The second-order valence-corrected chi connectivity index (χ2v) is 6.16. The Hall–Kier alpha value is -2.13. The van der Waals surface area contributed by atoms with Gasteiger partial charge >= 0.3 is 0 Å². The highest BCUT2D eigenvalue weighted by atomic mass is 15.2. The Bertz CT molecular complexity index is 804. The van der Waals surface area contributed by atoms with E-state index in [0.29, 0.717) is 0 Å². The molecule has 2 N–H and O–H groups in total. The zero-order chi connectivity index (χ0) is 14.4. The fourth-order valence-corrected chi connectivity index (χ4v) is 3.41. The van der Waals surface area contributed by atoms with Gasteiger partial charge in [-0.25, -0.2) is 4.52 Å². The van der Waals surface area contributed by atoms with Gasteiger partial charge in [0.1, 0.15) is 0 Å². The van der Waals surface area contributed by atoms with E-state index >= 15 is 0 Å². The van der Waals surface area contributed by atoms with Crippen LogP contribution in [0.4, 0.5) is 0 Å². The third-order valence-corrected chi connectivity index (χ3v) is 4.61. The summed E-state index contributed by atoms with van der Waals surface area (Å²) in [7, 11) is 0. The Morgan fingerprint density at radius 1 is 1.14 bits per heavy atom. The van der Waals surface area contributed by atoms with E-state index in [0.717, 1.165) is 19.3 Å². The SMILES string of the molecule is Cc1ccc2c3c(nn2c1)CCC(N)(c1ccccc1)C3. The first-order chi connectivity index (χ1) is 10.2. The molecular formula is C18H19N3. The molecule has 4 rings (SSSR count). The summed E-state index contributed by atoms with van der Waals surface area (Å²) in [5, 5.41) is 4.73. The lowest BCUT2D eigenvalue weighted by Crippen LogP contribution is -2.42. The molecule has 1 atom stereocenters. The summed E-state index contributed by atoms with van der Waals surface area (Å²) in [4.78, 5) is 0. The van der Waals surface area contributed by atoms with E-state index in [1.165, 1.54) is 27.9 Å². The minimum atomic E-state index is -0.275. The van der Waals surface area contributed by atoms with Gasteiger partial charge in [0.2, 0.25) is 0 Å². The average molecular weight is 277 g/mol. The molecule has 0 spiro atoms. The number of nitrogens with two attached hydrogens (primary N) is 1. The molecule has 2 aromatic heterocycles. The highest BCUT2D eigenvalue weighted by molar-refractivity contribution is 5.59. The van der Waals surface area contributed by atoms with E-state index in [1.807, 2.05) is 10.6 Å². The molecule has 0 saturated heterocycles. The van der Waals surface area contributed by atoms with Crippen molar-refractivity contribution in [3.05, 3.63) is 71.0 Å². The maximum atomic E-state index is 6.74. The molecule has 0 saturated carbocycles. The van der Waals surface area contributed by atoms with Crippen molar-refractivity contribution >= 4 is 5.52 Å². The summed E-state index contributed by atoms with van der Waals surface area (Å²) < 4.78 is 2.01. The number of hydrogen-bond acceptors (Lipinski definition) is 2. The minimum absolute atomic E-state index is 0.275. The van der Waals surface area contributed by atoms with Gasteiger partial charge in [0.25, 0.3) is 0 Å². The molecule has 0 amide bonds. The summed E-state index contributed by atoms with van der Waals surface area (Å²) in [6.45, 7) is 2.09. The summed E-state index contributed by atoms with van der Waals surface area (Å²) in [5.41, 5.74) is 12.6. The molecule has 3 heteroatoms. The number of aromatic nitrogens is 2. The summed E-state index contributed by atoms with van der Waals surface area (Å²) in [6.07, 6.45) is 4.85. The van der Waals surface area contributed by atoms with Crippen molar-refractivity contribution in [1.29, 1.82) is 0 Å². The Labute approximate surface area is 124 Å². The van der Waals surface area contributed by atoms with Crippen LogP contribution in [0.3, 0.4) is 0 Å². The van der Waals surface area contributed by atoms with Crippen LogP contribution in [0.5, 0.6) is 0 Å². The number of aryl methyl sites for hydroxylation is 2. The quantitative estimate of drug-likeness (QED) is 0.743. The van der Waals surface area contributed by atoms with Gasteiger partial charge in [0.15, 0.2) is 0 Å². The molecular weight excluding hydrogens is 258 g/mol. The predicted molar refractivity (Wildman–Crippen MR) is 84.3 cm³/mol. The third kappa shape index (κ3) is 1.96. The standard InChI is InChI=1S/C18H19N3/c1-13-7-8-17-15-11-18(19,14-5-3-2-4-6-14)10-9-16(15)20-21(17)12-13/h2-8,12H,9-11,19H2,1H3. The molecule has 1 aliphatic carbocycles. The molecule has 0 aliphatic heterocycles. The van der Waals surface area contributed by atoms with E-state index in [4.69, 9.17) is 10.8 Å². The van der Waals surface area contributed by atoms with Crippen molar-refractivity contribution in [3.63, 3.8) is 0 Å². The van der Waals surface area contributed by atoms with Gasteiger partial charge in [-0.05, 0) is 43.4 Å². The van der Waals surface area contributed by atoms with Crippen LogP contribution in [0, 0.1) is 6.92 Å². The van der Waals surface area contributed by atoms with E-state index in [2.05, 4.69) is 49.5 Å². The molecule has 3 aromatic rings. The van der Waals surface area contributed by atoms with Crippen molar-refractivity contribution in [2.75, 3.05) is 0 Å². The third-order valence-electron chi connectivity index (χ3n) is 4.61. The van der Waals surface area contributed by atoms with Gasteiger partial charge in [-0.1, -0.05) is 36.4 Å². The predicted octanol–water partition coefficient (Wildman–Crippen LogP) is 2.99. The summed E-state index contributed by atoms with van der Waals surface area (Å²) >= 11 is 0. The first-order valence-electron chi connectivity index (χ1n) is 7.47. The van der Waals surface area contributed by atoms with Crippen molar-refractivity contribution in [2.24, 2.45) is 5.73 Å². The van der Waals surface area contributed by atoms with Crippen LogP contribution in [-0.4, -0.2) is 9.61 Å². The molecule has 0 fully saturated rings. The average Bonchev–Trinajstić information content (AvgIpc) is 2.85. The molecule has 0 radical (unpaired) electrons. The van der Waals surface area contributed by atoms with Crippen LogP contribution in [0.2, 0.25) is 0 Å².